The Labute approximate surface area is 128 Å². The summed E-state index contributed by atoms with van der Waals surface area (Å²) in [6, 6.07) is 4.22. The maximum Gasteiger partial charge on any atom is 0.224 e. The van der Waals surface area contributed by atoms with E-state index in [-0.39, 0.29) is 5.41 Å². The minimum atomic E-state index is 0.0286. The number of nitrogens with zero attached hydrogens (tertiary/aromatic N) is 2. The van der Waals surface area contributed by atoms with Crippen LogP contribution >= 0.6 is 22.9 Å². The average Bonchev–Trinajstić information content (AvgIpc) is 2.94. The topological polar surface area (TPSA) is 49.8 Å². The fourth-order valence-corrected chi connectivity index (χ4v) is 2.80. The summed E-state index contributed by atoms with van der Waals surface area (Å²) in [4.78, 5) is 9.85. The first-order chi connectivity index (χ1) is 9.53. The summed E-state index contributed by atoms with van der Waals surface area (Å²) >= 11 is 7.90. The molecule has 0 saturated carbocycles. The zero-order valence-electron chi connectivity index (χ0n) is 11.9. The lowest BCUT2D eigenvalue weighted by Crippen LogP contribution is -2.27. The predicted octanol–water partition coefficient (Wildman–Crippen LogP) is 4.01. The minimum Gasteiger partial charge on any atom is -0.368 e. The van der Waals surface area contributed by atoms with Crippen molar-refractivity contribution in [1.82, 2.24) is 9.97 Å². The third-order valence-corrected chi connectivity index (χ3v) is 4.48. The van der Waals surface area contributed by atoms with Crippen LogP contribution in [0.2, 0.25) is 5.02 Å². The summed E-state index contributed by atoms with van der Waals surface area (Å²) in [6.45, 7) is 7.95. The van der Waals surface area contributed by atoms with Crippen LogP contribution in [0.1, 0.15) is 25.6 Å². The molecule has 2 N–H and O–H groups in total. The first-order valence-electron chi connectivity index (χ1n) is 6.57. The van der Waals surface area contributed by atoms with Crippen molar-refractivity contribution in [2.45, 2.75) is 26.2 Å². The Kier molecular flexibility index (Phi) is 4.83. The lowest BCUT2D eigenvalue weighted by molar-refractivity contribution is 0.568. The molecule has 20 heavy (non-hydrogen) atoms. The van der Waals surface area contributed by atoms with E-state index in [2.05, 4.69) is 52.0 Å². The van der Waals surface area contributed by atoms with Crippen molar-refractivity contribution in [3.8, 4) is 0 Å². The summed E-state index contributed by atoms with van der Waals surface area (Å²) in [7, 11) is 0. The maximum absolute atomic E-state index is 6.14. The van der Waals surface area contributed by atoms with Gasteiger partial charge in [-0.05, 0) is 18.4 Å². The van der Waals surface area contributed by atoms with Crippen LogP contribution < -0.4 is 10.6 Å². The van der Waals surface area contributed by atoms with Crippen LogP contribution in [0.4, 0.5) is 11.8 Å². The molecular formula is C14H19ClN4S. The molecule has 2 aromatic heterocycles. The Morgan fingerprint density at radius 2 is 2.15 bits per heavy atom. The van der Waals surface area contributed by atoms with Crippen LogP contribution in [-0.4, -0.2) is 23.1 Å². The Hall–Kier alpha value is -1.33. The van der Waals surface area contributed by atoms with Gasteiger partial charge in [0.2, 0.25) is 5.95 Å². The van der Waals surface area contributed by atoms with E-state index in [1.54, 1.807) is 17.5 Å². The monoisotopic (exact) mass is 310 g/mol. The highest BCUT2D eigenvalue weighted by atomic mass is 35.5. The first kappa shape index (κ1) is 15.1. The molecule has 0 bridgehead atoms. The molecule has 4 nitrogen and oxygen atoms in total. The maximum atomic E-state index is 6.14. The average molecular weight is 311 g/mol. The summed E-state index contributed by atoms with van der Waals surface area (Å²) < 4.78 is 0. The highest BCUT2D eigenvalue weighted by Crippen LogP contribution is 2.28. The fraction of sp³-hybridized carbons (Fsp3) is 0.429. The molecule has 2 heterocycles. The molecule has 0 radical (unpaired) electrons. The molecule has 0 atom stereocenters. The van der Waals surface area contributed by atoms with Crippen LogP contribution in [0.15, 0.2) is 23.7 Å². The van der Waals surface area contributed by atoms with Crippen LogP contribution in [0.5, 0.6) is 0 Å². The van der Waals surface area contributed by atoms with Gasteiger partial charge in [0.1, 0.15) is 5.02 Å². The molecule has 108 valence electrons. The van der Waals surface area contributed by atoms with Gasteiger partial charge in [0, 0.05) is 23.4 Å². The minimum absolute atomic E-state index is 0.0286. The third kappa shape index (κ3) is 3.61. The van der Waals surface area contributed by atoms with E-state index < -0.39 is 0 Å². The molecule has 0 aliphatic carbocycles. The number of thiophene rings is 1. The number of anilines is 2. The normalized spacial score (nSPS) is 11.4. The molecule has 2 rings (SSSR count). The Morgan fingerprint density at radius 3 is 2.80 bits per heavy atom. The second-order valence-electron chi connectivity index (χ2n) is 5.14. The number of hydrogen-bond acceptors (Lipinski definition) is 5. The fourth-order valence-electron chi connectivity index (χ4n) is 1.79. The van der Waals surface area contributed by atoms with Crippen molar-refractivity contribution < 1.29 is 0 Å². The van der Waals surface area contributed by atoms with Gasteiger partial charge >= 0.3 is 0 Å². The SMILES string of the molecule is CCNc1ncc(Cl)c(NCC(C)(C)c2cccs2)n1. The standard InChI is InChI=1S/C14H19ClN4S/c1-4-16-13-17-8-10(15)12(19-13)18-9-14(2,3)11-6-5-7-20-11/h5-8H,4,9H2,1-3H3,(H2,16,17,18,19). The number of hydrogen-bond donors (Lipinski definition) is 2. The number of aromatic nitrogens is 2. The van der Waals surface area contributed by atoms with Crippen molar-refractivity contribution in [2.75, 3.05) is 23.7 Å². The van der Waals surface area contributed by atoms with Crippen molar-refractivity contribution >= 4 is 34.7 Å². The Bertz CT molecular complexity index is 554. The third-order valence-electron chi connectivity index (χ3n) is 2.96. The van der Waals surface area contributed by atoms with E-state index >= 15 is 0 Å². The molecule has 0 aliphatic heterocycles. The predicted molar refractivity (Wildman–Crippen MR) is 87.0 cm³/mol. The van der Waals surface area contributed by atoms with E-state index in [4.69, 9.17) is 11.6 Å². The van der Waals surface area contributed by atoms with E-state index in [1.807, 2.05) is 6.92 Å². The highest BCUT2D eigenvalue weighted by molar-refractivity contribution is 7.10. The zero-order valence-corrected chi connectivity index (χ0v) is 13.5. The zero-order chi connectivity index (χ0) is 14.6. The van der Waals surface area contributed by atoms with Crippen LogP contribution in [0.25, 0.3) is 0 Å². The summed E-state index contributed by atoms with van der Waals surface area (Å²) in [6.07, 6.45) is 1.62. The highest BCUT2D eigenvalue weighted by Gasteiger charge is 2.22. The molecule has 0 amide bonds. The first-order valence-corrected chi connectivity index (χ1v) is 7.83. The Morgan fingerprint density at radius 1 is 1.35 bits per heavy atom. The molecule has 0 aromatic carbocycles. The lowest BCUT2D eigenvalue weighted by Gasteiger charge is -2.24. The van der Waals surface area contributed by atoms with Gasteiger partial charge in [-0.25, -0.2) is 4.98 Å². The molecule has 0 fully saturated rings. The van der Waals surface area contributed by atoms with Crippen LogP contribution in [-0.2, 0) is 5.41 Å². The van der Waals surface area contributed by atoms with Gasteiger partial charge in [-0.3, -0.25) is 0 Å². The smallest absolute Gasteiger partial charge is 0.224 e. The molecule has 0 saturated heterocycles. The molecule has 0 unspecified atom stereocenters. The van der Waals surface area contributed by atoms with Gasteiger partial charge in [0.05, 0.1) is 6.20 Å². The van der Waals surface area contributed by atoms with E-state index in [0.717, 1.165) is 13.1 Å². The summed E-state index contributed by atoms with van der Waals surface area (Å²) in [5.74, 6) is 1.26. The number of nitrogens with one attached hydrogen (secondary N) is 2. The summed E-state index contributed by atoms with van der Waals surface area (Å²) in [5.41, 5.74) is 0.0286. The van der Waals surface area contributed by atoms with Crippen LogP contribution in [0, 0.1) is 0 Å². The Balaban J connectivity index is 2.08. The second-order valence-corrected chi connectivity index (χ2v) is 6.49. The van der Waals surface area contributed by atoms with Crippen molar-refractivity contribution in [3.05, 3.63) is 33.6 Å². The van der Waals surface area contributed by atoms with Gasteiger partial charge < -0.3 is 10.6 Å². The number of halogens is 1. The van der Waals surface area contributed by atoms with Crippen molar-refractivity contribution in [3.63, 3.8) is 0 Å². The van der Waals surface area contributed by atoms with Gasteiger partial charge in [0.15, 0.2) is 5.82 Å². The second kappa shape index (κ2) is 6.41. The van der Waals surface area contributed by atoms with E-state index in [1.165, 1.54) is 4.88 Å². The van der Waals surface area contributed by atoms with Crippen molar-refractivity contribution in [2.24, 2.45) is 0 Å². The molecule has 2 aromatic rings. The van der Waals surface area contributed by atoms with E-state index in [9.17, 15) is 0 Å². The largest absolute Gasteiger partial charge is 0.368 e. The van der Waals surface area contributed by atoms with Gasteiger partial charge in [-0.15, -0.1) is 11.3 Å². The molecule has 0 aliphatic rings. The quantitative estimate of drug-likeness (QED) is 0.846. The van der Waals surface area contributed by atoms with E-state index in [0.29, 0.717) is 16.8 Å². The van der Waals surface area contributed by atoms with Gasteiger partial charge in [-0.1, -0.05) is 31.5 Å². The van der Waals surface area contributed by atoms with Gasteiger partial charge in [0.25, 0.3) is 0 Å². The molecule has 6 heteroatoms. The van der Waals surface area contributed by atoms with Gasteiger partial charge in [-0.2, -0.15) is 4.98 Å². The molecular weight excluding hydrogens is 292 g/mol. The molecule has 0 spiro atoms. The van der Waals surface area contributed by atoms with Crippen molar-refractivity contribution in [1.29, 1.82) is 0 Å². The summed E-state index contributed by atoms with van der Waals surface area (Å²) in [5, 5.41) is 9.04. The number of rotatable bonds is 6. The lowest BCUT2D eigenvalue weighted by atomic mass is 9.91. The van der Waals surface area contributed by atoms with Crippen LogP contribution in [0.3, 0.4) is 0 Å².